The number of nitrogens with two attached hydrogens (primary N) is 1. The highest BCUT2D eigenvalue weighted by molar-refractivity contribution is 6.34. The average Bonchev–Trinajstić information content (AvgIpc) is 2.82. The van der Waals surface area contributed by atoms with Crippen molar-refractivity contribution in [3.8, 4) is 16.9 Å². The van der Waals surface area contributed by atoms with E-state index in [0.29, 0.717) is 18.8 Å². The van der Waals surface area contributed by atoms with Gasteiger partial charge in [0, 0.05) is 30.2 Å². The maximum atomic E-state index is 16.1. The summed E-state index contributed by atoms with van der Waals surface area (Å²) in [7, 11) is 1.35. The molecule has 0 aliphatic carbocycles. The Morgan fingerprint density at radius 3 is 2.33 bits per heavy atom. The van der Waals surface area contributed by atoms with Crippen molar-refractivity contribution in [1.29, 1.82) is 0 Å². The van der Waals surface area contributed by atoms with Gasteiger partial charge in [-0.1, -0.05) is 17.7 Å². The summed E-state index contributed by atoms with van der Waals surface area (Å²) < 4.78 is 41.8. The van der Waals surface area contributed by atoms with E-state index in [1.807, 2.05) is 18.7 Å². The first-order chi connectivity index (χ1) is 18.2. The second kappa shape index (κ2) is 10.5. The number of carbonyl (C=O) groups is 2. The highest BCUT2D eigenvalue weighted by Gasteiger charge is 2.37. The first kappa shape index (κ1) is 28.4. The number of hydrogen-bond acceptors (Lipinski definition) is 6. The van der Waals surface area contributed by atoms with Crippen LogP contribution in [0.3, 0.4) is 0 Å². The average molecular weight is 561 g/mol. The number of nitrogens with zero attached hydrogens (tertiary/aromatic N) is 3. The lowest BCUT2D eigenvalue weighted by Gasteiger charge is -2.45. The molecule has 0 spiro atoms. The molecule has 4 rings (SSSR count). The van der Waals surface area contributed by atoms with E-state index in [9.17, 15) is 14.0 Å². The van der Waals surface area contributed by atoms with Crippen molar-refractivity contribution in [2.45, 2.75) is 52.3 Å². The zero-order valence-corrected chi connectivity index (χ0v) is 23.4. The third-order valence-corrected chi connectivity index (χ3v) is 6.87. The Hall–Kier alpha value is -3.66. The molecule has 2 N–H and O–H groups in total. The zero-order valence-electron chi connectivity index (χ0n) is 22.6. The Kier molecular flexibility index (Phi) is 7.62. The molecule has 1 saturated heterocycles. The minimum atomic E-state index is -0.869. The molecule has 0 saturated carbocycles. The number of aromatic nitrogens is 1. The number of amides is 2. The van der Waals surface area contributed by atoms with Crippen LogP contribution in [-0.4, -0.2) is 59.8 Å². The van der Waals surface area contributed by atoms with Gasteiger partial charge in [-0.3, -0.25) is 14.7 Å². The molecule has 0 unspecified atom stereocenters. The number of rotatable bonds is 4. The van der Waals surface area contributed by atoms with E-state index in [1.165, 1.54) is 37.6 Å². The van der Waals surface area contributed by atoms with E-state index in [2.05, 4.69) is 4.98 Å². The van der Waals surface area contributed by atoms with Gasteiger partial charge < -0.3 is 20.1 Å². The molecule has 0 bridgehead atoms. The van der Waals surface area contributed by atoms with Crippen molar-refractivity contribution in [1.82, 2.24) is 9.88 Å². The monoisotopic (exact) mass is 560 g/mol. The molecule has 2 amide bonds. The lowest BCUT2D eigenvalue weighted by atomic mass is 9.98. The molecular formula is C28H31ClF2N4O4. The van der Waals surface area contributed by atoms with E-state index >= 15 is 4.39 Å². The van der Waals surface area contributed by atoms with Crippen LogP contribution in [0.15, 0.2) is 30.5 Å². The first-order valence-electron chi connectivity index (χ1n) is 12.4. The Morgan fingerprint density at radius 1 is 1.13 bits per heavy atom. The fourth-order valence-electron chi connectivity index (χ4n) is 5.10. The lowest BCUT2D eigenvalue weighted by molar-refractivity contribution is 0.00564. The predicted octanol–water partition coefficient (Wildman–Crippen LogP) is 5.78. The molecule has 11 heteroatoms. The molecule has 1 aromatic heterocycles. The summed E-state index contributed by atoms with van der Waals surface area (Å²) in [5.41, 5.74) is 4.97. The van der Waals surface area contributed by atoms with E-state index in [-0.39, 0.29) is 50.4 Å². The van der Waals surface area contributed by atoms with Gasteiger partial charge in [-0.25, -0.2) is 13.6 Å². The van der Waals surface area contributed by atoms with Crippen LogP contribution in [0, 0.1) is 11.6 Å². The van der Waals surface area contributed by atoms with Crippen molar-refractivity contribution in [2.24, 2.45) is 5.73 Å². The van der Waals surface area contributed by atoms with Crippen LogP contribution < -0.4 is 15.4 Å². The summed E-state index contributed by atoms with van der Waals surface area (Å²) in [6.45, 7) is 9.69. The summed E-state index contributed by atoms with van der Waals surface area (Å²) >= 11 is 6.58. The van der Waals surface area contributed by atoms with Crippen molar-refractivity contribution < 1.29 is 27.8 Å². The van der Waals surface area contributed by atoms with Gasteiger partial charge >= 0.3 is 6.09 Å². The number of fused-ring (bicyclic) bond motifs is 1. The van der Waals surface area contributed by atoms with Crippen LogP contribution >= 0.6 is 11.6 Å². The Balaban J connectivity index is 1.86. The second-order valence-corrected chi connectivity index (χ2v) is 11.0. The number of methoxy groups -OCH3 is 1. The van der Waals surface area contributed by atoms with Gasteiger partial charge in [-0.15, -0.1) is 0 Å². The minimum Gasteiger partial charge on any atom is -0.496 e. The molecule has 1 aliphatic heterocycles. The maximum absolute atomic E-state index is 16.1. The van der Waals surface area contributed by atoms with Crippen molar-refractivity contribution >= 4 is 40.2 Å². The topological polar surface area (TPSA) is 98.0 Å². The number of ether oxygens (including phenoxy) is 2. The molecule has 2 heterocycles. The predicted molar refractivity (Wildman–Crippen MR) is 146 cm³/mol. The first-order valence-corrected chi connectivity index (χ1v) is 12.8. The quantitative estimate of drug-likeness (QED) is 0.435. The van der Waals surface area contributed by atoms with E-state index in [0.717, 1.165) is 0 Å². The maximum Gasteiger partial charge on any atom is 0.410 e. The largest absolute Gasteiger partial charge is 0.496 e. The number of halogens is 3. The number of anilines is 1. The van der Waals surface area contributed by atoms with Gasteiger partial charge in [0.2, 0.25) is 0 Å². The van der Waals surface area contributed by atoms with Gasteiger partial charge in [0.25, 0.3) is 5.91 Å². The van der Waals surface area contributed by atoms with E-state index in [4.69, 9.17) is 26.8 Å². The van der Waals surface area contributed by atoms with Crippen LogP contribution in [0.1, 0.15) is 45.0 Å². The number of piperazine rings is 1. The van der Waals surface area contributed by atoms with Gasteiger partial charge in [0.05, 0.1) is 41.0 Å². The fraction of sp³-hybridized carbons (Fsp3) is 0.393. The van der Waals surface area contributed by atoms with Gasteiger partial charge in [-0.2, -0.15) is 0 Å². The third-order valence-electron chi connectivity index (χ3n) is 6.58. The molecule has 8 nitrogen and oxygen atoms in total. The summed E-state index contributed by atoms with van der Waals surface area (Å²) in [6, 6.07) is 4.93. The number of primary amides is 1. The van der Waals surface area contributed by atoms with Crippen molar-refractivity contribution in [2.75, 3.05) is 25.1 Å². The summed E-state index contributed by atoms with van der Waals surface area (Å²) in [6.07, 6.45) is 0.754. The van der Waals surface area contributed by atoms with Crippen molar-refractivity contribution in [3.63, 3.8) is 0 Å². The van der Waals surface area contributed by atoms with Crippen LogP contribution in [-0.2, 0) is 4.74 Å². The highest BCUT2D eigenvalue weighted by Crippen LogP contribution is 2.44. The van der Waals surface area contributed by atoms with Crippen LogP contribution in [0.2, 0.25) is 5.02 Å². The number of carbonyl (C=O) groups excluding carboxylic acids is 2. The molecule has 3 aromatic rings. The number of benzene rings is 2. The Bertz CT molecular complexity index is 1450. The highest BCUT2D eigenvalue weighted by atomic mass is 35.5. The van der Waals surface area contributed by atoms with Gasteiger partial charge in [0.15, 0.2) is 5.82 Å². The number of hydrogen-bond donors (Lipinski definition) is 1. The van der Waals surface area contributed by atoms with Gasteiger partial charge in [0.1, 0.15) is 22.7 Å². The normalized spacial score (nSPS) is 17.9. The van der Waals surface area contributed by atoms with Crippen LogP contribution in [0.4, 0.5) is 19.3 Å². The van der Waals surface area contributed by atoms with Crippen LogP contribution in [0.5, 0.6) is 5.75 Å². The Morgan fingerprint density at radius 2 is 1.77 bits per heavy atom. The molecule has 39 heavy (non-hydrogen) atoms. The zero-order chi connectivity index (χ0) is 28.8. The van der Waals surface area contributed by atoms with E-state index < -0.39 is 29.2 Å². The molecule has 1 aliphatic rings. The Labute approximate surface area is 230 Å². The molecule has 208 valence electrons. The van der Waals surface area contributed by atoms with E-state index in [1.54, 1.807) is 25.7 Å². The summed E-state index contributed by atoms with van der Waals surface area (Å²) in [5.74, 6) is -2.24. The SMILES string of the molecule is COc1cccc(F)c1-c1c(Cl)cc2c(N3C[C@@H](C)N(C(=O)OC(C)(C)C)[C@@H](C)C3)c(C(N)=O)cnc2c1F. The molecule has 0 radical (unpaired) electrons. The summed E-state index contributed by atoms with van der Waals surface area (Å²) in [5, 5.41) is 0.138. The van der Waals surface area contributed by atoms with Gasteiger partial charge in [-0.05, 0) is 52.8 Å². The fourth-order valence-corrected chi connectivity index (χ4v) is 5.38. The molecule has 2 aromatic carbocycles. The van der Waals surface area contributed by atoms with Crippen molar-refractivity contribution in [3.05, 3.63) is 52.7 Å². The smallest absolute Gasteiger partial charge is 0.410 e. The number of pyridine rings is 1. The molecule has 2 atom stereocenters. The summed E-state index contributed by atoms with van der Waals surface area (Å²) in [4.78, 5) is 33.1. The second-order valence-electron chi connectivity index (χ2n) is 10.6. The molecular weight excluding hydrogens is 530 g/mol. The standard InChI is InChI=1S/C28H31ClF2N4O4/c1-14-12-34(13-15(2)35(14)27(37)39-28(3,4)5)25-16-10-18(29)21(22-19(30)8-7-9-20(22)38-6)23(31)24(16)33-11-17(25)26(32)36/h7-11,14-15H,12-13H2,1-6H3,(H2,32,36)/t14-,15+. The third kappa shape index (κ3) is 5.30. The molecule has 1 fully saturated rings. The van der Waals surface area contributed by atoms with Crippen LogP contribution in [0.25, 0.3) is 22.0 Å². The lowest BCUT2D eigenvalue weighted by Crippen LogP contribution is -2.59. The minimum absolute atomic E-state index is 0.0688.